The number of aliphatic imine (C=N–C) groups is 1. The minimum Gasteiger partial charge on any atom is -0.493 e. The number of methoxy groups -OCH3 is 1. The molecule has 0 aromatic heterocycles. The van der Waals surface area contributed by atoms with E-state index >= 15 is 0 Å². The zero-order valence-electron chi connectivity index (χ0n) is 11.9. The molecule has 0 bridgehead atoms. The summed E-state index contributed by atoms with van der Waals surface area (Å²) in [6.07, 6.45) is 5.19. The maximum Gasteiger partial charge on any atom is 0.196 e. The number of benzene rings is 1. The Kier molecular flexibility index (Phi) is 9.38. The van der Waals surface area contributed by atoms with Gasteiger partial charge in [-0.15, -0.1) is 30.4 Å². The summed E-state index contributed by atoms with van der Waals surface area (Å²) >= 11 is 0. The van der Waals surface area contributed by atoms with Crippen LogP contribution in [0.15, 0.2) is 23.2 Å². The van der Waals surface area contributed by atoms with Gasteiger partial charge in [0, 0.05) is 18.8 Å². The highest BCUT2D eigenvalue weighted by Gasteiger charge is 2.06. The number of guanidine groups is 1. The van der Waals surface area contributed by atoms with Gasteiger partial charge < -0.3 is 20.1 Å². The van der Waals surface area contributed by atoms with E-state index in [0.717, 1.165) is 5.69 Å². The molecule has 0 aliphatic rings. The first-order valence-electron chi connectivity index (χ1n) is 5.97. The first-order valence-corrected chi connectivity index (χ1v) is 5.97. The van der Waals surface area contributed by atoms with Gasteiger partial charge in [-0.3, -0.25) is 4.99 Å². The monoisotopic (exact) mass is 389 g/mol. The molecule has 0 saturated heterocycles. The lowest BCUT2D eigenvalue weighted by Crippen LogP contribution is -2.30. The summed E-state index contributed by atoms with van der Waals surface area (Å²) in [4.78, 5) is 4.07. The summed E-state index contributed by atoms with van der Waals surface area (Å²) in [7, 11) is 3.29. The van der Waals surface area contributed by atoms with Crippen LogP contribution in [0, 0.1) is 12.3 Å². The fraction of sp³-hybridized carbons (Fsp3) is 0.357. The summed E-state index contributed by atoms with van der Waals surface area (Å²) in [5, 5.41) is 6.10. The fourth-order valence-electron chi connectivity index (χ4n) is 1.47. The van der Waals surface area contributed by atoms with Crippen molar-refractivity contribution in [1.29, 1.82) is 0 Å². The van der Waals surface area contributed by atoms with Crippen LogP contribution in [-0.2, 0) is 0 Å². The van der Waals surface area contributed by atoms with Crippen molar-refractivity contribution in [3.63, 3.8) is 0 Å². The van der Waals surface area contributed by atoms with Gasteiger partial charge in [0.05, 0.1) is 20.3 Å². The summed E-state index contributed by atoms with van der Waals surface area (Å²) in [5.41, 5.74) is 0.842. The zero-order chi connectivity index (χ0) is 14.1. The van der Waals surface area contributed by atoms with Crippen LogP contribution >= 0.6 is 24.0 Å². The van der Waals surface area contributed by atoms with Crippen LogP contribution < -0.4 is 20.1 Å². The van der Waals surface area contributed by atoms with Crippen LogP contribution in [0.4, 0.5) is 5.69 Å². The molecule has 1 aromatic rings. The standard InChI is InChI=1S/C14H19N3O2.HI/c1-5-9-16-14(15-3)17-11-7-8-12(18-4)13(10-11)19-6-2;/h1,7-8,10H,6,9H2,2-4H3,(H2,15,16,17);1H. The Morgan fingerprint density at radius 1 is 1.40 bits per heavy atom. The van der Waals surface area contributed by atoms with Crippen LogP contribution in [-0.4, -0.2) is 33.3 Å². The predicted octanol–water partition coefficient (Wildman–Crippen LogP) is 2.33. The predicted molar refractivity (Wildman–Crippen MR) is 93.4 cm³/mol. The molecule has 0 radical (unpaired) electrons. The van der Waals surface area contributed by atoms with Gasteiger partial charge in [-0.05, 0) is 19.1 Å². The van der Waals surface area contributed by atoms with Gasteiger partial charge >= 0.3 is 0 Å². The smallest absolute Gasteiger partial charge is 0.196 e. The molecular formula is C14H20IN3O2. The van der Waals surface area contributed by atoms with Gasteiger partial charge in [0.2, 0.25) is 0 Å². The molecule has 0 spiro atoms. The molecule has 0 aliphatic heterocycles. The van der Waals surface area contributed by atoms with Crippen molar-refractivity contribution in [1.82, 2.24) is 5.32 Å². The number of nitrogens with zero attached hydrogens (tertiary/aromatic N) is 1. The Balaban J connectivity index is 0.00000361. The van der Waals surface area contributed by atoms with Crippen LogP contribution in [0.5, 0.6) is 11.5 Å². The highest BCUT2D eigenvalue weighted by molar-refractivity contribution is 14.0. The van der Waals surface area contributed by atoms with Crippen molar-refractivity contribution >= 4 is 35.6 Å². The lowest BCUT2D eigenvalue weighted by molar-refractivity contribution is 0.311. The number of hydrogen-bond acceptors (Lipinski definition) is 3. The first-order chi connectivity index (χ1) is 9.24. The molecule has 6 heteroatoms. The molecule has 0 unspecified atom stereocenters. The number of nitrogens with one attached hydrogen (secondary N) is 2. The van der Waals surface area contributed by atoms with Gasteiger partial charge in [-0.25, -0.2) is 0 Å². The maximum absolute atomic E-state index is 5.51. The van der Waals surface area contributed by atoms with Gasteiger partial charge in [0.25, 0.3) is 0 Å². The molecule has 1 rings (SSSR count). The molecule has 20 heavy (non-hydrogen) atoms. The molecule has 0 amide bonds. The highest BCUT2D eigenvalue weighted by Crippen LogP contribution is 2.30. The maximum atomic E-state index is 5.51. The second kappa shape index (κ2) is 10.2. The summed E-state index contributed by atoms with van der Waals surface area (Å²) < 4.78 is 10.7. The lowest BCUT2D eigenvalue weighted by Gasteiger charge is -2.13. The summed E-state index contributed by atoms with van der Waals surface area (Å²) in [5.74, 6) is 4.47. The second-order valence-corrected chi connectivity index (χ2v) is 3.55. The van der Waals surface area contributed by atoms with Gasteiger partial charge in [-0.1, -0.05) is 5.92 Å². The van der Waals surface area contributed by atoms with E-state index in [-0.39, 0.29) is 24.0 Å². The largest absolute Gasteiger partial charge is 0.493 e. The number of ether oxygens (including phenoxy) is 2. The Hall–Kier alpha value is -1.62. The average molecular weight is 389 g/mol. The van der Waals surface area contributed by atoms with Crippen molar-refractivity contribution in [2.24, 2.45) is 4.99 Å². The third kappa shape index (κ3) is 5.57. The van der Waals surface area contributed by atoms with Crippen molar-refractivity contribution < 1.29 is 9.47 Å². The highest BCUT2D eigenvalue weighted by atomic mass is 127. The quantitative estimate of drug-likeness (QED) is 0.351. The van der Waals surface area contributed by atoms with E-state index in [9.17, 15) is 0 Å². The van der Waals surface area contributed by atoms with E-state index in [1.165, 1.54) is 0 Å². The molecule has 2 N–H and O–H groups in total. The third-order valence-corrected chi connectivity index (χ3v) is 2.31. The molecule has 0 aliphatic carbocycles. The van der Waals surface area contributed by atoms with Gasteiger partial charge in [0.15, 0.2) is 17.5 Å². The Labute approximate surface area is 137 Å². The Morgan fingerprint density at radius 2 is 2.15 bits per heavy atom. The van der Waals surface area contributed by atoms with E-state index in [0.29, 0.717) is 30.6 Å². The minimum absolute atomic E-state index is 0. The first kappa shape index (κ1) is 18.4. The minimum atomic E-state index is 0. The zero-order valence-corrected chi connectivity index (χ0v) is 14.2. The molecule has 5 nitrogen and oxygen atoms in total. The van der Waals surface area contributed by atoms with Gasteiger partial charge in [0.1, 0.15) is 0 Å². The molecule has 0 heterocycles. The van der Waals surface area contributed by atoms with E-state index in [1.54, 1.807) is 14.2 Å². The van der Waals surface area contributed by atoms with E-state index in [2.05, 4.69) is 21.5 Å². The van der Waals surface area contributed by atoms with Crippen LogP contribution in [0.25, 0.3) is 0 Å². The topological polar surface area (TPSA) is 54.9 Å². The van der Waals surface area contributed by atoms with Crippen molar-refractivity contribution in [3.05, 3.63) is 18.2 Å². The van der Waals surface area contributed by atoms with E-state index in [4.69, 9.17) is 15.9 Å². The second-order valence-electron chi connectivity index (χ2n) is 3.55. The number of terminal acetylenes is 1. The number of hydrogen-bond donors (Lipinski definition) is 2. The summed E-state index contributed by atoms with van der Waals surface area (Å²) in [6, 6.07) is 5.57. The molecule has 0 atom stereocenters. The number of halogens is 1. The molecular weight excluding hydrogens is 369 g/mol. The van der Waals surface area contributed by atoms with Crippen LogP contribution in [0.1, 0.15) is 6.92 Å². The van der Waals surface area contributed by atoms with E-state index in [1.807, 2.05) is 25.1 Å². The third-order valence-electron chi connectivity index (χ3n) is 2.31. The molecule has 1 aromatic carbocycles. The average Bonchev–Trinajstić information content (AvgIpc) is 2.44. The SMILES string of the molecule is C#CCNC(=NC)Nc1ccc(OC)c(OCC)c1.I. The summed E-state index contributed by atoms with van der Waals surface area (Å²) in [6.45, 7) is 2.91. The Bertz CT molecular complexity index is 484. The number of rotatable bonds is 5. The van der Waals surface area contributed by atoms with Crippen molar-refractivity contribution in [2.45, 2.75) is 6.92 Å². The number of anilines is 1. The van der Waals surface area contributed by atoms with Crippen molar-refractivity contribution in [3.8, 4) is 23.8 Å². The molecule has 0 fully saturated rings. The lowest BCUT2D eigenvalue weighted by atomic mass is 10.2. The van der Waals surface area contributed by atoms with Gasteiger partial charge in [-0.2, -0.15) is 0 Å². The Morgan fingerprint density at radius 3 is 2.70 bits per heavy atom. The normalized spacial score (nSPS) is 10.0. The van der Waals surface area contributed by atoms with Crippen LogP contribution in [0.2, 0.25) is 0 Å². The fourth-order valence-corrected chi connectivity index (χ4v) is 1.47. The molecule has 110 valence electrons. The molecule has 0 saturated carbocycles. The van der Waals surface area contributed by atoms with E-state index < -0.39 is 0 Å². The van der Waals surface area contributed by atoms with Crippen molar-refractivity contribution in [2.75, 3.05) is 32.6 Å². The van der Waals surface area contributed by atoms with Crippen LogP contribution in [0.3, 0.4) is 0 Å².